The van der Waals surface area contributed by atoms with E-state index in [1.165, 1.54) is 57.9 Å². The van der Waals surface area contributed by atoms with Crippen molar-refractivity contribution in [3.8, 4) is 0 Å². The SMILES string of the molecule is CC.CC.CC1CCN(CC2=CCCC=C2)CC1.CN.[HH]. The number of nitrogens with zero attached hydrogens (tertiary/aromatic N) is 1. The zero-order valence-electron chi connectivity index (χ0n) is 14.8. The van der Waals surface area contributed by atoms with Gasteiger partial charge in [-0.2, -0.15) is 0 Å². The first-order chi connectivity index (χ1) is 9.84. The Morgan fingerprint density at radius 1 is 1.10 bits per heavy atom. The third kappa shape index (κ3) is 10.2. The molecule has 0 aromatic carbocycles. The molecule has 0 radical (unpaired) electrons. The molecule has 1 fully saturated rings. The minimum Gasteiger partial charge on any atom is -0.333 e. The second-order valence-corrected chi connectivity index (χ2v) is 4.72. The molecule has 0 amide bonds. The van der Waals surface area contributed by atoms with Crippen LogP contribution in [0.4, 0.5) is 0 Å². The van der Waals surface area contributed by atoms with Crippen LogP contribution < -0.4 is 5.73 Å². The number of hydrogen-bond acceptors (Lipinski definition) is 2. The van der Waals surface area contributed by atoms with E-state index in [0.717, 1.165) is 5.92 Å². The Morgan fingerprint density at radius 3 is 2.10 bits per heavy atom. The van der Waals surface area contributed by atoms with Crippen LogP contribution in [0.2, 0.25) is 0 Å². The fraction of sp³-hybridized carbons (Fsp3) is 0.778. The predicted octanol–water partition coefficient (Wildman–Crippen LogP) is 4.87. The summed E-state index contributed by atoms with van der Waals surface area (Å²) in [5.74, 6) is 0.946. The van der Waals surface area contributed by atoms with Gasteiger partial charge in [0, 0.05) is 7.97 Å². The minimum atomic E-state index is 0. The topological polar surface area (TPSA) is 29.3 Å². The van der Waals surface area contributed by atoms with Gasteiger partial charge in [0.05, 0.1) is 0 Å². The summed E-state index contributed by atoms with van der Waals surface area (Å²) >= 11 is 0. The predicted molar refractivity (Wildman–Crippen MR) is 96.2 cm³/mol. The van der Waals surface area contributed by atoms with Gasteiger partial charge >= 0.3 is 0 Å². The molecule has 20 heavy (non-hydrogen) atoms. The largest absolute Gasteiger partial charge is 0.333 e. The van der Waals surface area contributed by atoms with Crippen molar-refractivity contribution < 1.29 is 1.43 Å². The summed E-state index contributed by atoms with van der Waals surface area (Å²) in [4.78, 5) is 2.60. The van der Waals surface area contributed by atoms with Gasteiger partial charge in [0.2, 0.25) is 0 Å². The van der Waals surface area contributed by atoms with Crippen LogP contribution in [0.25, 0.3) is 0 Å². The average Bonchev–Trinajstić information content (AvgIpc) is 2.56. The molecule has 122 valence electrons. The highest BCUT2D eigenvalue weighted by Crippen LogP contribution is 2.18. The molecule has 1 saturated heterocycles. The van der Waals surface area contributed by atoms with Crippen LogP contribution in [-0.4, -0.2) is 31.6 Å². The summed E-state index contributed by atoms with van der Waals surface area (Å²) < 4.78 is 0. The van der Waals surface area contributed by atoms with E-state index in [1.54, 1.807) is 0 Å². The minimum absolute atomic E-state index is 0. The van der Waals surface area contributed by atoms with Crippen molar-refractivity contribution in [1.29, 1.82) is 0 Å². The molecule has 0 atom stereocenters. The molecular weight excluding hydrogens is 244 g/mol. The lowest BCUT2D eigenvalue weighted by Gasteiger charge is -2.30. The summed E-state index contributed by atoms with van der Waals surface area (Å²) in [6, 6.07) is 0. The highest BCUT2D eigenvalue weighted by molar-refractivity contribution is 5.23. The Bertz CT molecular complexity index is 242. The van der Waals surface area contributed by atoms with E-state index in [0.29, 0.717) is 0 Å². The fourth-order valence-electron chi connectivity index (χ4n) is 2.26. The van der Waals surface area contributed by atoms with Crippen LogP contribution in [-0.2, 0) is 0 Å². The number of piperidine rings is 1. The van der Waals surface area contributed by atoms with Crippen LogP contribution in [0.15, 0.2) is 23.8 Å². The maximum atomic E-state index is 4.50. The molecule has 0 bridgehead atoms. The van der Waals surface area contributed by atoms with Crippen LogP contribution in [0, 0.1) is 5.92 Å². The summed E-state index contributed by atoms with van der Waals surface area (Å²) in [5, 5.41) is 0. The van der Waals surface area contributed by atoms with Crippen LogP contribution in [0.1, 0.15) is 61.7 Å². The first kappa shape index (κ1) is 21.7. The van der Waals surface area contributed by atoms with Gasteiger partial charge in [-0.1, -0.05) is 52.8 Å². The summed E-state index contributed by atoms with van der Waals surface area (Å²) in [6.45, 7) is 14.2. The van der Waals surface area contributed by atoms with E-state index in [9.17, 15) is 0 Å². The maximum Gasteiger partial charge on any atom is 0.0230 e. The number of nitrogens with two attached hydrogens (primary N) is 1. The van der Waals surface area contributed by atoms with Crippen LogP contribution >= 0.6 is 0 Å². The third-order valence-corrected chi connectivity index (χ3v) is 3.35. The van der Waals surface area contributed by atoms with Gasteiger partial charge < -0.3 is 5.73 Å². The molecule has 0 aromatic heterocycles. The highest BCUT2D eigenvalue weighted by atomic mass is 15.1. The van der Waals surface area contributed by atoms with Crippen molar-refractivity contribution in [1.82, 2.24) is 4.90 Å². The van der Waals surface area contributed by atoms with Crippen molar-refractivity contribution in [2.24, 2.45) is 11.7 Å². The molecule has 2 N–H and O–H groups in total. The Balaban J connectivity index is -0.000000414. The van der Waals surface area contributed by atoms with E-state index in [4.69, 9.17) is 0 Å². The normalized spacial score (nSPS) is 18.4. The molecule has 0 spiro atoms. The van der Waals surface area contributed by atoms with Gasteiger partial charge in [-0.25, -0.2) is 0 Å². The van der Waals surface area contributed by atoms with Gasteiger partial charge in [0.25, 0.3) is 0 Å². The molecule has 1 aliphatic carbocycles. The maximum absolute atomic E-state index is 4.50. The first-order valence-corrected chi connectivity index (χ1v) is 8.50. The van der Waals surface area contributed by atoms with Crippen molar-refractivity contribution in [3.05, 3.63) is 23.8 Å². The summed E-state index contributed by atoms with van der Waals surface area (Å²) in [7, 11) is 1.50. The molecule has 2 aliphatic rings. The second-order valence-electron chi connectivity index (χ2n) is 4.72. The van der Waals surface area contributed by atoms with E-state index < -0.39 is 0 Å². The molecule has 2 nitrogen and oxygen atoms in total. The summed E-state index contributed by atoms with van der Waals surface area (Å²) in [5.41, 5.74) is 6.03. The lowest BCUT2D eigenvalue weighted by Crippen LogP contribution is -2.34. The van der Waals surface area contributed by atoms with Gasteiger partial charge in [0.1, 0.15) is 0 Å². The fourth-order valence-corrected chi connectivity index (χ4v) is 2.26. The highest BCUT2D eigenvalue weighted by Gasteiger charge is 2.15. The Kier molecular flexibility index (Phi) is 17.8. The molecule has 0 saturated carbocycles. The zero-order valence-corrected chi connectivity index (χ0v) is 14.8. The second kappa shape index (κ2) is 16.5. The van der Waals surface area contributed by atoms with E-state index in [2.05, 4.69) is 35.8 Å². The number of rotatable bonds is 2. The molecule has 2 rings (SSSR count). The van der Waals surface area contributed by atoms with Crippen LogP contribution in [0.3, 0.4) is 0 Å². The zero-order chi connectivity index (χ0) is 15.8. The van der Waals surface area contributed by atoms with Crippen molar-refractivity contribution in [2.75, 3.05) is 26.7 Å². The molecule has 2 heteroatoms. The van der Waals surface area contributed by atoms with Crippen LogP contribution in [0.5, 0.6) is 0 Å². The van der Waals surface area contributed by atoms with E-state index in [-0.39, 0.29) is 1.43 Å². The lowest BCUT2D eigenvalue weighted by atomic mass is 9.98. The van der Waals surface area contributed by atoms with Crippen molar-refractivity contribution >= 4 is 0 Å². The standard InChI is InChI=1S/C13H21N.2C2H6.CH5N.H2/c1-12-7-9-14(10-8-12)11-13-5-3-2-4-6-13;3*1-2;/h3,5-6,12H,2,4,7-11H2,1H3;2*1-2H3;2H2,1H3;1H. The van der Waals surface area contributed by atoms with Crippen molar-refractivity contribution in [3.63, 3.8) is 0 Å². The Hall–Kier alpha value is -0.600. The Labute approximate surface area is 129 Å². The third-order valence-electron chi connectivity index (χ3n) is 3.35. The molecule has 0 unspecified atom stereocenters. The Morgan fingerprint density at radius 2 is 1.65 bits per heavy atom. The van der Waals surface area contributed by atoms with Gasteiger partial charge in [0.15, 0.2) is 0 Å². The average molecular weight is 285 g/mol. The number of likely N-dealkylation sites (tertiary alicyclic amines) is 1. The van der Waals surface area contributed by atoms with Gasteiger partial charge in [-0.15, -0.1) is 0 Å². The van der Waals surface area contributed by atoms with E-state index >= 15 is 0 Å². The van der Waals surface area contributed by atoms with Crippen molar-refractivity contribution in [2.45, 2.75) is 60.3 Å². The first-order valence-electron chi connectivity index (χ1n) is 8.50. The molecule has 1 heterocycles. The molecular formula is C18H40N2. The summed E-state index contributed by atoms with van der Waals surface area (Å²) in [6.07, 6.45) is 12.3. The van der Waals surface area contributed by atoms with E-state index in [1.807, 2.05) is 27.7 Å². The van der Waals surface area contributed by atoms with Gasteiger partial charge in [-0.05, 0) is 57.3 Å². The monoisotopic (exact) mass is 284 g/mol. The molecule has 0 aromatic rings. The lowest BCUT2D eigenvalue weighted by molar-refractivity contribution is 0.207. The number of allylic oxidation sites excluding steroid dienone is 2. The quantitative estimate of drug-likeness (QED) is 0.784. The smallest absolute Gasteiger partial charge is 0.0230 e. The number of hydrogen-bond donors (Lipinski definition) is 1. The van der Waals surface area contributed by atoms with Gasteiger partial charge in [-0.3, -0.25) is 4.90 Å². The molecule has 1 aliphatic heterocycles.